The number of carboxylic acids is 5. The molecule has 0 aromatic heterocycles. The molecule has 15 heterocycles. The molecular formula is C85H110N10O23-2. The molecule has 2 aromatic carbocycles. The molecule has 10 bridgehead atoms. The van der Waals surface area contributed by atoms with Crippen LogP contribution in [0.4, 0.5) is 4.79 Å². The fraction of sp³-hybridized carbons (Fsp3) is 0.612. The molecule has 33 heteroatoms. The lowest BCUT2D eigenvalue weighted by atomic mass is 9.82. The first kappa shape index (κ1) is 86.4. The smallest absolute Gasteiger partial charge is 0.410 e. The van der Waals surface area contributed by atoms with Gasteiger partial charge in [0.2, 0.25) is 29.5 Å². The number of carbonyl (C=O) groups excluding carboxylic acids is 9. The Morgan fingerprint density at radius 3 is 1.16 bits per heavy atom. The van der Waals surface area contributed by atoms with Gasteiger partial charge in [0.15, 0.2) is 0 Å². The average Bonchev–Trinajstić information content (AvgIpc) is 1.64. The minimum atomic E-state index is -1.20. The van der Waals surface area contributed by atoms with E-state index in [0.29, 0.717) is 65.4 Å². The molecule has 0 spiro atoms. The van der Waals surface area contributed by atoms with Crippen molar-refractivity contribution in [3.05, 3.63) is 126 Å². The number of carbonyl (C=O) groups is 11. The lowest BCUT2D eigenvalue weighted by Gasteiger charge is -2.37. The summed E-state index contributed by atoms with van der Waals surface area (Å²) in [5, 5.41) is 55.9. The molecule has 10 unspecified atom stereocenters. The number of carboxylic acid groups (broad SMARTS) is 5. The minimum absolute atomic E-state index is 0.0947. The molecule has 6 amide bonds. The van der Waals surface area contributed by atoms with Crippen LogP contribution in [0.3, 0.4) is 0 Å². The second kappa shape index (κ2) is 37.9. The van der Waals surface area contributed by atoms with Crippen molar-refractivity contribution in [2.75, 3.05) is 145 Å². The van der Waals surface area contributed by atoms with Gasteiger partial charge < -0.3 is 118 Å². The van der Waals surface area contributed by atoms with Gasteiger partial charge in [-0.1, -0.05) is 110 Å². The van der Waals surface area contributed by atoms with E-state index >= 15 is 0 Å². The highest BCUT2D eigenvalue weighted by molar-refractivity contribution is 5.91. The van der Waals surface area contributed by atoms with Crippen LogP contribution >= 0.6 is 0 Å². The van der Waals surface area contributed by atoms with Crippen LogP contribution in [0.5, 0.6) is 5.75 Å². The molecule has 2 aromatic rings. The molecule has 0 radical (unpaired) electrons. The van der Waals surface area contributed by atoms with Crippen molar-refractivity contribution >= 4 is 65.5 Å². The second-order valence-electron chi connectivity index (χ2n) is 33.8. The number of aliphatic carboxylic acids is 5. The predicted molar refractivity (Wildman–Crippen MR) is 413 cm³/mol. The van der Waals surface area contributed by atoms with Crippen molar-refractivity contribution in [3.63, 3.8) is 0 Å². The van der Waals surface area contributed by atoms with Gasteiger partial charge in [0, 0.05) is 146 Å². The van der Waals surface area contributed by atoms with E-state index in [1.807, 2.05) is 36.4 Å². The maximum absolute atomic E-state index is 12.9. The maximum Gasteiger partial charge on any atom is 0.410 e. The number of methoxy groups -OCH3 is 1. The van der Waals surface area contributed by atoms with Crippen LogP contribution in [0.15, 0.2) is 115 Å². The topological polar surface area (TPSA) is 404 Å². The fourth-order valence-corrected chi connectivity index (χ4v) is 18.8. The van der Waals surface area contributed by atoms with E-state index in [0.717, 1.165) is 97.0 Å². The first-order valence-electron chi connectivity index (χ1n) is 41.4. The zero-order valence-corrected chi connectivity index (χ0v) is 67.6. The third-order valence-corrected chi connectivity index (χ3v) is 25.4. The standard InChI is InChI=1S/C22H28N2O5.C19H22N2O4.C17H24N2O6.C14H20N2O4.C13H18N2O4/c1-28-16-4-2-14(3-5-16)8-11-24-12-9-15(10-13-24)23-21(25)19-17-6-7-18(29-17)20(19)22(26)27;22-18(16-14-6-7-15(25-14)17(16)19(23)24)21-10-8-20(9-11-21)12-13-4-2-1-3-5-13;1-17(2,3)25-16(23)19-8-6-18(7-9-19)14(20)12-10-4-5-11(24-10)13(12)15(21)22;1-2-15-5-7-16(8-6-15)13(17)11-9-3-4-10(20-9)12(11)14(18)19;1-14-4-6-15(7-5-14)12(16)10-8-2-3-9(19-8)11(10)13(17)18/h2-7,15,17-20H,8-13H2,1H3,(H,23,25)(H,26,27);1-7,14-17H,8-12H2,(H,23,24);4-5,10-13H,6-9H2,1-3H3,(H,21,22);3-4,9-12H,2,5-8H2,1H3,(H,18,19);2-3,8-11H,4-7H2,1H3,(H,17,18)/p-2/t17-,18+,19?,20?;14-,15+,16?,17?;10-,11+,12?,13?;9-,10+,11?,12?;8-,9+,10?,11?/m00000/s1. The number of nitrogens with zero attached hydrogens (tertiary/aromatic N) is 8. The quantitative estimate of drug-likeness (QED) is 0.108. The number of amides is 6. The number of quaternary nitrogens is 1. The Morgan fingerprint density at radius 2 is 0.780 bits per heavy atom. The molecule has 0 saturated carbocycles. The lowest BCUT2D eigenvalue weighted by Crippen LogP contribution is -3.12. The van der Waals surface area contributed by atoms with Gasteiger partial charge in [-0.2, -0.15) is 0 Å². The summed E-state index contributed by atoms with van der Waals surface area (Å²) in [6.07, 6.45) is 15.3. The zero-order valence-electron chi connectivity index (χ0n) is 67.6. The molecule has 10 fully saturated rings. The predicted octanol–water partition coefficient (Wildman–Crippen LogP) is -3.02. The van der Waals surface area contributed by atoms with Crippen LogP contribution in [-0.4, -0.2) is 333 Å². The van der Waals surface area contributed by atoms with E-state index in [4.69, 9.17) is 33.2 Å². The Morgan fingerprint density at radius 1 is 0.432 bits per heavy atom. The first-order valence-corrected chi connectivity index (χ1v) is 41.4. The van der Waals surface area contributed by atoms with Crippen molar-refractivity contribution in [2.24, 2.45) is 59.2 Å². The van der Waals surface area contributed by atoms with E-state index in [2.05, 4.69) is 58.3 Å². The largest absolute Gasteiger partial charge is 0.550 e. The first-order chi connectivity index (χ1) is 56.5. The monoisotopic (exact) mass is 1640 g/mol. The fourth-order valence-electron chi connectivity index (χ4n) is 18.8. The van der Waals surface area contributed by atoms with Gasteiger partial charge in [-0.25, -0.2) is 4.79 Å². The van der Waals surface area contributed by atoms with E-state index in [-0.39, 0.29) is 35.6 Å². The molecule has 0 aliphatic carbocycles. The molecule has 20 atom stereocenters. The van der Waals surface area contributed by atoms with Gasteiger partial charge in [-0.15, -0.1) is 0 Å². The molecular weight excluding hydrogens is 1530 g/mol. The third kappa shape index (κ3) is 19.7. The summed E-state index contributed by atoms with van der Waals surface area (Å²) < 4.78 is 38.3. The average molecular weight is 1640 g/mol. The summed E-state index contributed by atoms with van der Waals surface area (Å²) in [6.45, 7) is 22.6. The molecule has 640 valence electrons. The second-order valence-corrected chi connectivity index (χ2v) is 33.8. The SMILES string of the molecule is CC(C)(C)OC(=O)N1CCN(C(=O)C2C(C(=O)O)[C@H]3C=C[C@@H]2O3)CC1.CCN1CCN(C(=O)C2C(C(=O)[O-])[C@H]3C=C[C@@H]2O3)CC1.COc1ccc(CCN2CCC(NC(=O)C3C(C(=O)O)[C@H]4C=C[C@@H]3O4)CC2)cc1.C[NH+]1CCN(C(=O)C2C(C(=O)[O-])[C@H]3C=C[C@@H]2O3)CC1.O=C([O-])C1C(C(=O)N2CCN(Cc3ccccc3)CC2)[C@@H]2C=C[C@H]1O2. The van der Waals surface area contributed by atoms with Crippen molar-refractivity contribution in [1.29, 1.82) is 0 Å². The van der Waals surface area contributed by atoms with Crippen LogP contribution in [0.25, 0.3) is 0 Å². The number of likely N-dealkylation sites (tertiary alicyclic amines) is 1. The summed E-state index contributed by atoms with van der Waals surface area (Å²) >= 11 is 0. The number of piperazine rings is 4. The normalized spacial score (nSPS) is 32.7. The van der Waals surface area contributed by atoms with Crippen LogP contribution < -0.4 is 30.3 Å². The molecule has 17 rings (SSSR count). The highest BCUT2D eigenvalue weighted by atomic mass is 16.6. The van der Waals surface area contributed by atoms with E-state index in [1.54, 1.807) is 107 Å². The van der Waals surface area contributed by atoms with Crippen molar-refractivity contribution < 1.29 is 116 Å². The van der Waals surface area contributed by atoms with Gasteiger partial charge in [-0.05, 0) is 69.8 Å². The Kier molecular flexibility index (Phi) is 27.7. The van der Waals surface area contributed by atoms with Crippen LogP contribution in [-0.2, 0) is 89.3 Å². The molecule has 10 saturated heterocycles. The highest BCUT2D eigenvalue weighted by Gasteiger charge is 2.58. The summed E-state index contributed by atoms with van der Waals surface area (Å²) in [7, 11) is 3.76. The Balaban J connectivity index is 0.000000129. The number of rotatable bonds is 18. The lowest BCUT2D eigenvalue weighted by molar-refractivity contribution is -0.883. The summed E-state index contributed by atoms with van der Waals surface area (Å²) in [5.74, 6) is -12.8. The van der Waals surface area contributed by atoms with Crippen LogP contribution in [0, 0.1) is 59.2 Å². The van der Waals surface area contributed by atoms with Crippen LogP contribution in [0.2, 0.25) is 0 Å². The van der Waals surface area contributed by atoms with Crippen molar-refractivity contribution in [1.82, 2.24) is 44.5 Å². The molecule has 33 nitrogen and oxygen atoms in total. The Bertz CT molecular complexity index is 4120. The number of ether oxygens (including phenoxy) is 7. The highest BCUT2D eigenvalue weighted by Crippen LogP contribution is 2.45. The van der Waals surface area contributed by atoms with Crippen molar-refractivity contribution in [3.8, 4) is 5.75 Å². The third-order valence-electron chi connectivity index (χ3n) is 25.4. The van der Waals surface area contributed by atoms with Gasteiger partial charge in [0.25, 0.3) is 0 Å². The van der Waals surface area contributed by atoms with E-state index < -0.39 is 162 Å². The minimum Gasteiger partial charge on any atom is -0.550 e. The molecule has 15 aliphatic rings. The number of piperidine rings is 1. The molecule has 118 heavy (non-hydrogen) atoms. The Labute approximate surface area is 686 Å². The Hall–Kier alpha value is -9.45. The zero-order chi connectivity index (χ0) is 84.0. The van der Waals surface area contributed by atoms with Crippen molar-refractivity contribution in [2.45, 2.75) is 126 Å². The van der Waals surface area contributed by atoms with Gasteiger partial charge in [0.1, 0.15) is 23.2 Å². The number of likely N-dealkylation sites (N-methyl/N-ethyl adjacent to an activating group) is 2. The van der Waals surface area contributed by atoms with Gasteiger partial charge >= 0.3 is 18.0 Å². The van der Waals surface area contributed by atoms with Gasteiger partial charge in [0.05, 0.1) is 131 Å². The maximum atomic E-state index is 12.9. The molecule has 15 aliphatic heterocycles. The number of nitrogens with one attached hydrogen (secondary N) is 2. The summed E-state index contributed by atoms with van der Waals surface area (Å²) in [6, 6.07) is 18.5. The number of hydrogen-bond acceptors (Lipinski definition) is 24. The van der Waals surface area contributed by atoms with Crippen LogP contribution in [0.1, 0.15) is 51.7 Å². The van der Waals surface area contributed by atoms with E-state index in [1.165, 1.54) is 16.0 Å². The summed E-state index contributed by atoms with van der Waals surface area (Å²) in [5.41, 5.74) is 1.97. The summed E-state index contributed by atoms with van der Waals surface area (Å²) in [4.78, 5) is 150. The van der Waals surface area contributed by atoms with Gasteiger partial charge in [-0.3, -0.25) is 38.5 Å². The number of benzene rings is 2. The molecule has 4 N–H and O–H groups in total. The van der Waals surface area contributed by atoms with E-state index in [9.17, 15) is 78.3 Å². The number of hydrogen-bond donors (Lipinski definition) is 4. The number of fused-ring (bicyclic) bond motifs is 10.